The van der Waals surface area contributed by atoms with Crippen LogP contribution in [0.4, 0.5) is 0 Å². The second-order valence-corrected chi connectivity index (χ2v) is 8.04. The van der Waals surface area contributed by atoms with E-state index in [4.69, 9.17) is 4.42 Å². The third-order valence-electron chi connectivity index (χ3n) is 4.33. The maximum atomic E-state index is 12.5. The molecule has 0 bridgehead atoms. The topological polar surface area (TPSA) is 92.5 Å². The number of carbonyl (C=O) groups is 1. The van der Waals surface area contributed by atoms with Crippen molar-refractivity contribution in [3.05, 3.63) is 48.2 Å². The summed E-state index contributed by atoms with van der Waals surface area (Å²) in [5, 5.41) is 2.86. The first-order valence-corrected chi connectivity index (χ1v) is 9.64. The van der Waals surface area contributed by atoms with Gasteiger partial charge in [-0.25, -0.2) is 8.42 Å². The van der Waals surface area contributed by atoms with Crippen LogP contribution < -0.4 is 5.32 Å². The minimum atomic E-state index is -3.54. The first-order chi connectivity index (χ1) is 12.0. The molecule has 1 amide bonds. The van der Waals surface area contributed by atoms with Gasteiger partial charge < -0.3 is 9.73 Å². The molecule has 0 unspecified atom stereocenters. The molecular formula is C17H21N3O4S. The monoisotopic (exact) mass is 363 g/mol. The van der Waals surface area contributed by atoms with Gasteiger partial charge in [0.25, 0.3) is 0 Å². The van der Waals surface area contributed by atoms with E-state index >= 15 is 0 Å². The molecule has 134 valence electrons. The Balaban J connectivity index is 1.54. The van der Waals surface area contributed by atoms with Gasteiger partial charge in [-0.3, -0.25) is 9.78 Å². The molecule has 1 fully saturated rings. The Kier molecular flexibility index (Phi) is 5.19. The maximum Gasteiger partial charge on any atom is 0.244 e. The minimum Gasteiger partial charge on any atom is -0.465 e. The van der Waals surface area contributed by atoms with Crippen molar-refractivity contribution in [1.82, 2.24) is 14.6 Å². The van der Waals surface area contributed by atoms with Crippen LogP contribution in [0.25, 0.3) is 0 Å². The Labute approximate surface area is 147 Å². The molecule has 2 aromatic heterocycles. The summed E-state index contributed by atoms with van der Waals surface area (Å²) in [5.41, 5.74) is 0. The lowest BCUT2D eigenvalue weighted by atomic mass is 9.97. The number of nitrogens with one attached hydrogen (secondary N) is 1. The van der Waals surface area contributed by atoms with Gasteiger partial charge in [0.05, 0.1) is 6.54 Å². The maximum absolute atomic E-state index is 12.5. The molecule has 3 rings (SSSR count). The number of aromatic nitrogens is 1. The van der Waals surface area contributed by atoms with E-state index in [-0.39, 0.29) is 16.7 Å². The summed E-state index contributed by atoms with van der Waals surface area (Å²) < 4.78 is 31.9. The van der Waals surface area contributed by atoms with Crippen molar-refractivity contribution in [3.63, 3.8) is 0 Å². The predicted octanol–water partition coefficient (Wildman–Crippen LogP) is 1.70. The molecule has 2 aromatic rings. The fraction of sp³-hybridized carbons (Fsp3) is 0.412. The van der Waals surface area contributed by atoms with E-state index in [0.717, 1.165) is 5.76 Å². The highest BCUT2D eigenvalue weighted by Gasteiger charge is 2.32. The van der Waals surface area contributed by atoms with Gasteiger partial charge in [0.15, 0.2) is 0 Å². The number of sulfonamides is 1. The zero-order chi connectivity index (χ0) is 17.9. The van der Waals surface area contributed by atoms with Gasteiger partial charge in [0, 0.05) is 31.4 Å². The number of hydrogen-bond acceptors (Lipinski definition) is 5. The minimum absolute atomic E-state index is 0.0625. The predicted molar refractivity (Wildman–Crippen MR) is 91.0 cm³/mol. The Morgan fingerprint density at radius 2 is 2.08 bits per heavy atom. The largest absolute Gasteiger partial charge is 0.465 e. The summed E-state index contributed by atoms with van der Waals surface area (Å²) in [5.74, 6) is 1.27. The van der Waals surface area contributed by atoms with Crippen molar-refractivity contribution >= 4 is 15.9 Å². The molecule has 0 aromatic carbocycles. The van der Waals surface area contributed by atoms with Crippen molar-refractivity contribution in [3.8, 4) is 0 Å². The smallest absolute Gasteiger partial charge is 0.244 e. The Bertz CT molecular complexity index is 825. The number of rotatable bonds is 5. The number of nitrogens with zero attached hydrogens (tertiary/aromatic N) is 2. The highest BCUT2D eigenvalue weighted by Crippen LogP contribution is 2.23. The van der Waals surface area contributed by atoms with E-state index in [2.05, 4.69) is 10.3 Å². The molecule has 1 saturated heterocycles. The van der Waals surface area contributed by atoms with Gasteiger partial charge in [-0.05, 0) is 44.0 Å². The first kappa shape index (κ1) is 17.6. The molecule has 0 radical (unpaired) electrons. The number of pyridine rings is 1. The molecule has 1 N–H and O–H groups in total. The Morgan fingerprint density at radius 3 is 2.68 bits per heavy atom. The Morgan fingerprint density at radius 1 is 1.32 bits per heavy atom. The second-order valence-electron chi connectivity index (χ2n) is 6.10. The first-order valence-electron chi connectivity index (χ1n) is 8.20. The average Bonchev–Trinajstić information content (AvgIpc) is 3.06. The van der Waals surface area contributed by atoms with Crippen LogP contribution in [0.1, 0.15) is 24.4 Å². The number of amides is 1. The number of aryl methyl sites for hydroxylation is 1. The standard InChI is InChI=1S/C17H21N3O4S/c1-13-4-5-15(24-13)11-19-17(21)14-6-9-20(10-7-14)25(22,23)16-3-2-8-18-12-16/h2-5,8,12,14H,6-7,9-11H2,1H3,(H,19,21). The molecular weight excluding hydrogens is 342 g/mol. The Hall–Kier alpha value is -2.19. The summed E-state index contributed by atoms with van der Waals surface area (Å²) in [6.07, 6.45) is 3.89. The van der Waals surface area contributed by atoms with E-state index in [1.807, 2.05) is 19.1 Å². The summed E-state index contributed by atoms with van der Waals surface area (Å²) >= 11 is 0. The molecule has 3 heterocycles. The van der Waals surface area contributed by atoms with Gasteiger partial charge >= 0.3 is 0 Å². The SMILES string of the molecule is Cc1ccc(CNC(=O)C2CCN(S(=O)(=O)c3cccnc3)CC2)o1. The molecule has 0 atom stereocenters. The molecule has 1 aliphatic rings. The van der Waals surface area contributed by atoms with Crippen molar-refractivity contribution < 1.29 is 17.6 Å². The fourth-order valence-electron chi connectivity index (χ4n) is 2.91. The number of hydrogen-bond donors (Lipinski definition) is 1. The van der Waals surface area contributed by atoms with Gasteiger partial charge in [0.2, 0.25) is 15.9 Å². The normalized spacial score (nSPS) is 16.7. The number of furan rings is 1. The van der Waals surface area contributed by atoms with Crippen molar-refractivity contribution in [2.75, 3.05) is 13.1 Å². The van der Waals surface area contributed by atoms with Crippen LogP contribution >= 0.6 is 0 Å². The van der Waals surface area contributed by atoms with Crippen LogP contribution in [0.2, 0.25) is 0 Å². The van der Waals surface area contributed by atoms with Crippen LogP contribution in [0.15, 0.2) is 46.0 Å². The lowest BCUT2D eigenvalue weighted by Crippen LogP contribution is -2.42. The van der Waals surface area contributed by atoms with Gasteiger partial charge in [-0.2, -0.15) is 4.31 Å². The second kappa shape index (κ2) is 7.37. The summed E-state index contributed by atoms with van der Waals surface area (Å²) in [6.45, 7) is 2.86. The molecule has 1 aliphatic heterocycles. The van der Waals surface area contributed by atoms with E-state index < -0.39 is 10.0 Å². The van der Waals surface area contributed by atoms with E-state index in [1.165, 1.54) is 22.8 Å². The third kappa shape index (κ3) is 4.08. The third-order valence-corrected chi connectivity index (χ3v) is 6.21. The zero-order valence-corrected chi connectivity index (χ0v) is 14.8. The molecule has 0 aliphatic carbocycles. The van der Waals surface area contributed by atoms with Crippen LogP contribution in [0.3, 0.4) is 0 Å². The fourth-order valence-corrected chi connectivity index (χ4v) is 4.34. The number of carbonyl (C=O) groups excluding carboxylic acids is 1. The summed E-state index contributed by atoms with van der Waals surface area (Å²) in [7, 11) is -3.54. The molecule has 8 heteroatoms. The van der Waals surface area contributed by atoms with Crippen molar-refractivity contribution in [1.29, 1.82) is 0 Å². The zero-order valence-electron chi connectivity index (χ0n) is 14.0. The lowest BCUT2D eigenvalue weighted by molar-refractivity contribution is -0.126. The van der Waals surface area contributed by atoms with Crippen molar-refractivity contribution in [2.45, 2.75) is 31.2 Å². The molecule has 0 spiro atoms. The van der Waals surface area contributed by atoms with Gasteiger partial charge in [0.1, 0.15) is 16.4 Å². The molecule has 0 saturated carbocycles. The molecule has 7 nitrogen and oxygen atoms in total. The van der Waals surface area contributed by atoms with Crippen LogP contribution in [-0.2, 0) is 21.4 Å². The van der Waals surface area contributed by atoms with E-state index in [9.17, 15) is 13.2 Å². The highest BCUT2D eigenvalue weighted by molar-refractivity contribution is 7.89. The average molecular weight is 363 g/mol. The number of piperidine rings is 1. The summed E-state index contributed by atoms with van der Waals surface area (Å²) in [6, 6.07) is 6.82. The van der Waals surface area contributed by atoms with Gasteiger partial charge in [-0.15, -0.1) is 0 Å². The summed E-state index contributed by atoms with van der Waals surface area (Å²) in [4.78, 5) is 16.3. The highest BCUT2D eigenvalue weighted by atomic mass is 32.2. The lowest BCUT2D eigenvalue weighted by Gasteiger charge is -2.30. The quantitative estimate of drug-likeness (QED) is 0.873. The van der Waals surface area contributed by atoms with Crippen LogP contribution in [-0.4, -0.2) is 36.7 Å². The molecule has 25 heavy (non-hydrogen) atoms. The van der Waals surface area contributed by atoms with E-state index in [0.29, 0.717) is 38.2 Å². The van der Waals surface area contributed by atoms with E-state index in [1.54, 1.807) is 6.07 Å². The van der Waals surface area contributed by atoms with Crippen molar-refractivity contribution in [2.24, 2.45) is 5.92 Å². The van der Waals surface area contributed by atoms with Crippen LogP contribution in [0, 0.1) is 12.8 Å². The van der Waals surface area contributed by atoms with Crippen LogP contribution in [0.5, 0.6) is 0 Å². The van der Waals surface area contributed by atoms with Gasteiger partial charge in [-0.1, -0.05) is 0 Å².